The van der Waals surface area contributed by atoms with Crippen molar-refractivity contribution in [2.24, 2.45) is 0 Å². The molecule has 0 amide bonds. The number of hydrogen-bond donors (Lipinski definition) is 3. The maximum Gasteiger partial charge on any atom is 0.338 e. The highest BCUT2D eigenvalue weighted by molar-refractivity contribution is 5.89. The Hall–Kier alpha value is -1.92. The molecule has 0 radical (unpaired) electrons. The van der Waals surface area contributed by atoms with Crippen molar-refractivity contribution < 1.29 is 29.6 Å². The number of hydrogen-bond acceptors (Lipinski definition) is 5. The summed E-state index contributed by atoms with van der Waals surface area (Å²) >= 11 is 0. The molecule has 0 spiro atoms. The number of aliphatic hydroxyl groups excluding tert-OH is 2. The highest BCUT2D eigenvalue weighted by Crippen LogP contribution is 2.24. The molecule has 0 fully saturated rings. The summed E-state index contributed by atoms with van der Waals surface area (Å²) in [5.74, 6) is -2.09. The van der Waals surface area contributed by atoms with Gasteiger partial charge in [0.1, 0.15) is 6.10 Å². The second-order valence-corrected chi connectivity index (χ2v) is 3.97. The van der Waals surface area contributed by atoms with Crippen molar-refractivity contribution in [3.8, 4) is 0 Å². The number of rotatable bonds is 5. The van der Waals surface area contributed by atoms with Crippen LogP contribution in [0.4, 0.5) is 0 Å². The molecule has 0 aliphatic heterocycles. The van der Waals surface area contributed by atoms with Crippen LogP contribution >= 0.6 is 0 Å². The number of ether oxygens (including phenoxy) is 1. The second-order valence-electron chi connectivity index (χ2n) is 3.97. The molecule has 1 rings (SSSR count). The normalized spacial score (nSPS) is 13.7. The summed E-state index contributed by atoms with van der Waals surface area (Å²) in [6, 6.07) is 4.27. The summed E-state index contributed by atoms with van der Waals surface area (Å²) in [5.41, 5.74) is 0.485. The van der Waals surface area contributed by atoms with Crippen molar-refractivity contribution in [2.45, 2.75) is 26.1 Å². The molecular weight excluding hydrogens is 252 g/mol. The molecule has 0 saturated carbocycles. The first-order valence-corrected chi connectivity index (χ1v) is 5.75. The van der Waals surface area contributed by atoms with Crippen molar-refractivity contribution in [2.75, 3.05) is 6.61 Å². The van der Waals surface area contributed by atoms with Gasteiger partial charge in [-0.1, -0.05) is 12.1 Å². The first-order valence-electron chi connectivity index (χ1n) is 5.75. The number of esters is 1. The molecule has 0 heterocycles. The largest absolute Gasteiger partial charge is 0.478 e. The predicted octanol–water partition coefficient (Wildman–Crippen LogP) is 0.651. The monoisotopic (exact) mass is 268 g/mol. The van der Waals surface area contributed by atoms with E-state index in [0.717, 1.165) is 0 Å². The molecule has 0 aliphatic rings. The van der Waals surface area contributed by atoms with Crippen LogP contribution in [-0.2, 0) is 9.53 Å². The third-order valence-electron chi connectivity index (χ3n) is 2.75. The van der Waals surface area contributed by atoms with E-state index in [-0.39, 0.29) is 17.7 Å². The molecule has 19 heavy (non-hydrogen) atoms. The zero-order valence-electron chi connectivity index (χ0n) is 10.7. The van der Waals surface area contributed by atoms with E-state index < -0.39 is 24.1 Å². The number of aromatic carboxylic acids is 1. The molecular formula is C13H16O6. The Kier molecular flexibility index (Phi) is 5.02. The third kappa shape index (κ3) is 3.30. The van der Waals surface area contributed by atoms with Crippen molar-refractivity contribution in [3.63, 3.8) is 0 Å². The fraction of sp³-hybridized carbons (Fsp3) is 0.385. The van der Waals surface area contributed by atoms with Gasteiger partial charge in [-0.05, 0) is 31.0 Å². The molecule has 2 atom stereocenters. The van der Waals surface area contributed by atoms with Crippen LogP contribution in [0.2, 0.25) is 0 Å². The van der Waals surface area contributed by atoms with Gasteiger partial charge in [0.25, 0.3) is 0 Å². The Morgan fingerprint density at radius 2 is 1.95 bits per heavy atom. The summed E-state index contributed by atoms with van der Waals surface area (Å²) in [6.07, 6.45) is -3.28. The summed E-state index contributed by atoms with van der Waals surface area (Å²) in [5, 5.41) is 28.6. The highest BCUT2D eigenvalue weighted by atomic mass is 16.5. The van der Waals surface area contributed by atoms with Gasteiger partial charge in [0.15, 0.2) is 6.10 Å². The minimum Gasteiger partial charge on any atom is -0.478 e. The lowest BCUT2D eigenvalue weighted by atomic mass is 9.95. The molecule has 104 valence electrons. The van der Waals surface area contributed by atoms with E-state index in [0.29, 0.717) is 5.56 Å². The molecule has 6 heteroatoms. The van der Waals surface area contributed by atoms with Crippen molar-refractivity contribution in [1.82, 2.24) is 0 Å². The fourth-order valence-corrected chi connectivity index (χ4v) is 1.73. The lowest BCUT2D eigenvalue weighted by Crippen LogP contribution is -2.30. The first-order chi connectivity index (χ1) is 8.90. The summed E-state index contributed by atoms with van der Waals surface area (Å²) in [4.78, 5) is 22.3. The van der Waals surface area contributed by atoms with Crippen LogP contribution in [-0.4, -0.2) is 40.0 Å². The average molecular weight is 268 g/mol. The standard InChI is InChI=1S/C13H16O6/c1-3-19-13(18)11(15)10(14)8-5-4-6-9(7(8)2)12(16)17/h4-6,10-11,14-15H,3H2,1-2H3,(H,16,17). The summed E-state index contributed by atoms with van der Waals surface area (Å²) in [6.45, 7) is 3.16. The lowest BCUT2D eigenvalue weighted by Gasteiger charge is -2.19. The highest BCUT2D eigenvalue weighted by Gasteiger charge is 2.28. The van der Waals surface area contributed by atoms with Crippen LogP contribution in [0.1, 0.15) is 34.5 Å². The first kappa shape index (κ1) is 15.1. The van der Waals surface area contributed by atoms with Crippen molar-refractivity contribution in [1.29, 1.82) is 0 Å². The molecule has 0 bridgehead atoms. The number of aliphatic hydroxyl groups is 2. The van der Waals surface area contributed by atoms with E-state index in [9.17, 15) is 19.8 Å². The van der Waals surface area contributed by atoms with Crippen LogP contribution in [0.25, 0.3) is 0 Å². The number of carboxylic acid groups (broad SMARTS) is 1. The second kappa shape index (κ2) is 6.31. The number of carbonyl (C=O) groups is 2. The van der Waals surface area contributed by atoms with Crippen molar-refractivity contribution >= 4 is 11.9 Å². The Bertz CT molecular complexity index is 482. The molecule has 0 aromatic heterocycles. The van der Waals surface area contributed by atoms with Gasteiger partial charge >= 0.3 is 11.9 Å². The Labute approximate surface area is 110 Å². The molecule has 2 unspecified atom stereocenters. The van der Waals surface area contributed by atoms with Gasteiger partial charge in [-0.15, -0.1) is 0 Å². The van der Waals surface area contributed by atoms with Gasteiger partial charge in [0, 0.05) is 0 Å². The van der Waals surface area contributed by atoms with E-state index in [1.54, 1.807) is 6.92 Å². The maximum absolute atomic E-state index is 11.3. The molecule has 3 N–H and O–H groups in total. The zero-order valence-corrected chi connectivity index (χ0v) is 10.7. The maximum atomic E-state index is 11.3. The minimum atomic E-state index is -1.75. The third-order valence-corrected chi connectivity index (χ3v) is 2.75. The average Bonchev–Trinajstić information content (AvgIpc) is 2.37. The van der Waals surface area contributed by atoms with E-state index in [4.69, 9.17) is 5.11 Å². The predicted molar refractivity (Wildman–Crippen MR) is 65.7 cm³/mol. The quantitative estimate of drug-likeness (QED) is 0.677. The van der Waals surface area contributed by atoms with Gasteiger partial charge < -0.3 is 20.1 Å². The topological polar surface area (TPSA) is 104 Å². The van der Waals surface area contributed by atoms with Gasteiger partial charge in [-0.2, -0.15) is 0 Å². The lowest BCUT2D eigenvalue weighted by molar-refractivity contribution is -0.159. The smallest absolute Gasteiger partial charge is 0.338 e. The number of benzene rings is 1. The zero-order chi connectivity index (χ0) is 14.6. The molecule has 0 saturated heterocycles. The van der Waals surface area contributed by atoms with E-state index >= 15 is 0 Å². The van der Waals surface area contributed by atoms with E-state index in [1.165, 1.54) is 25.1 Å². The van der Waals surface area contributed by atoms with E-state index in [2.05, 4.69) is 4.74 Å². The Balaban J connectivity index is 3.06. The molecule has 0 aliphatic carbocycles. The van der Waals surface area contributed by atoms with Gasteiger partial charge in [0.2, 0.25) is 0 Å². The van der Waals surface area contributed by atoms with E-state index in [1.807, 2.05) is 0 Å². The van der Waals surface area contributed by atoms with Gasteiger partial charge in [-0.3, -0.25) is 0 Å². The fourth-order valence-electron chi connectivity index (χ4n) is 1.73. The molecule has 6 nitrogen and oxygen atoms in total. The van der Waals surface area contributed by atoms with Crippen LogP contribution in [0.5, 0.6) is 0 Å². The van der Waals surface area contributed by atoms with Crippen LogP contribution in [0.15, 0.2) is 18.2 Å². The van der Waals surface area contributed by atoms with Crippen molar-refractivity contribution in [3.05, 3.63) is 34.9 Å². The van der Waals surface area contributed by atoms with Gasteiger partial charge in [-0.25, -0.2) is 9.59 Å². The van der Waals surface area contributed by atoms with Crippen LogP contribution < -0.4 is 0 Å². The number of carboxylic acids is 1. The summed E-state index contributed by atoms with van der Waals surface area (Å²) in [7, 11) is 0. The van der Waals surface area contributed by atoms with Crippen LogP contribution in [0.3, 0.4) is 0 Å². The van der Waals surface area contributed by atoms with Crippen LogP contribution in [0, 0.1) is 6.92 Å². The minimum absolute atomic E-state index is 0.00705. The SMILES string of the molecule is CCOC(=O)C(O)C(O)c1cccc(C(=O)O)c1C. The number of carbonyl (C=O) groups excluding carboxylic acids is 1. The molecule has 1 aromatic rings. The molecule has 1 aromatic carbocycles. The Morgan fingerprint density at radius 3 is 2.47 bits per heavy atom. The Morgan fingerprint density at radius 1 is 1.32 bits per heavy atom. The van der Waals surface area contributed by atoms with Gasteiger partial charge in [0.05, 0.1) is 12.2 Å². The summed E-state index contributed by atoms with van der Waals surface area (Å²) < 4.78 is 4.60.